The van der Waals surface area contributed by atoms with Crippen molar-refractivity contribution in [2.24, 2.45) is 0 Å². The maximum Gasteiger partial charge on any atom is 0.255 e. The van der Waals surface area contributed by atoms with Gasteiger partial charge >= 0.3 is 0 Å². The van der Waals surface area contributed by atoms with Crippen molar-refractivity contribution in [1.82, 2.24) is 20.6 Å². The average molecular weight is 288 g/mol. The number of rotatable bonds is 2. The zero-order valence-corrected chi connectivity index (χ0v) is 11.2. The van der Waals surface area contributed by atoms with Crippen LogP contribution in [0.5, 0.6) is 5.88 Å². The molecule has 0 amide bonds. The van der Waals surface area contributed by atoms with Crippen LogP contribution in [-0.4, -0.2) is 39.3 Å². The summed E-state index contributed by atoms with van der Waals surface area (Å²) >= 11 is 10.8. The summed E-state index contributed by atoms with van der Waals surface area (Å²) in [6, 6.07) is 0.285. The molecular weight excluding hydrogens is 274 g/mol. The molecule has 2 heterocycles. The molecule has 1 aromatic heterocycles. The second-order valence-electron chi connectivity index (χ2n) is 4.01. The Morgan fingerprint density at radius 3 is 3.17 bits per heavy atom. The van der Waals surface area contributed by atoms with Gasteiger partial charge in [-0.1, -0.05) is 11.6 Å². The lowest BCUT2D eigenvalue weighted by Gasteiger charge is -2.25. The second kappa shape index (κ2) is 6.12. The normalized spacial score (nSPS) is 19.3. The standard InChI is InChI=1S/C10H14ClN5OS/c11-7-5-13-9(17)8(15-7)16-10(18)14-6-2-1-3-12-4-6/h5-6,12H,1-4H2,(H,13,17)(H2,14,15,16,18)/t6-/m1/s1. The van der Waals surface area contributed by atoms with Crippen LogP contribution in [0.3, 0.4) is 0 Å². The molecule has 0 spiro atoms. The maximum atomic E-state index is 9.50. The van der Waals surface area contributed by atoms with Gasteiger partial charge in [-0.2, -0.15) is 0 Å². The van der Waals surface area contributed by atoms with Gasteiger partial charge in [-0.3, -0.25) is 0 Å². The molecule has 0 saturated carbocycles. The van der Waals surface area contributed by atoms with Gasteiger partial charge in [0.2, 0.25) is 0 Å². The Bertz CT molecular complexity index is 438. The van der Waals surface area contributed by atoms with Crippen molar-refractivity contribution in [3.63, 3.8) is 0 Å². The van der Waals surface area contributed by atoms with E-state index in [1.807, 2.05) is 0 Å². The van der Waals surface area contributed by atoms with Gasteiger partial charge in [-0.15, -0.1) is 0 Å². The molecule has 0 aliphatic carbocycles. The Labute approximate surface area is 115 Å². The minimum atomic E-state index is -0.231. The minimum absolute atomic E-state index is 0.156. The third-order valence-corrected chi connectivity index (χ3v) is 2.99. The van der Waals surface area contributed by atoms with Crippen molar-refractivity contribution in [1.29, 1.82) is 0 Å². The Morgan fingerprint density at radius 1 is 1.61 bits per heavy atom. The van der Waals surface area contributed by atoms with Gasteiger partial charge in [0.15, 0.2) is 10.9 Å². The maximum absolute atomic E-state index is 9.50. The number of hydrogen-bond acceptors (Lipinski definition) is 5. The fourth-order valence-corrected chi connectivity index (χ4v) is 2.15. The fraction of sp³-hybridized carbons (Fsp3) is 0.500. The van der Waals surface area contributed by atoms with Gasteiger partial charge in [0.25, 0.3) is 5.88 Å². The molecular formula is C10H14ClN5OS. The molecule has 1 fully saturated rings. The van der Waals surface area contributed by atoms with Crippen LogP contribution in [0.2, 0.25) is 5.15 Å². The third-order valence-electron chi connectivity index (χ3n) is 2.59. The largest absolute Gasteiger partial charge is 0.491 e. The van der Waals surface area contributed by atoms with Crippen LogP contribution in [-0.2, 0) is 0 Å². The van der Waals surface area contributed by atoms with E-state index < -0.39 is 0 Å². The number of aromatic nitrogens is 2. The number of nitrogens with one attached hydrogen (secondary N) is 3. The molecule has 4 N–H and O–H groups in total. The van der Waals surface area contributed by atoms with Gasteiger partial charge in [-0.25, -0.2) is 9.97 Å². The van der Waals surface area contributed by atoms with E-state index in [1.165, 1.54) is 6.20 Å². The van der Waals surface area contributed by atoms with Gasteiger partial charge in [0, 0.05) is 12.6 Å². The molecule has 0 aromatic carbocycles. The Hall–Kier alpha value is -1.18. The molecule has 18 heavy (non-hydrogen) atoms. The van der Waals surface area contributed by atoms with Gasteiger partial charge < -0.3 is 21.1 Å². The van der Waals surface area contributed by atoms with Crippen LogP contribution in [0.1, 0.15) is 12.8 Å². The first-order valence-corrected chi connectivity index (χ1v) is 6.43. The lowest BCUT2D eigenvalue weighted by atomic mass is 10.1. The van der Waals surface area contributed by atoms with Crippen LogP contribution in [0.25, 0.3) is 0 Å². The fourth-order valence-electron chi connectivity index (χ4n) is 1.75. The van der Waals surface area contributed by atoms with Gasteiger partial charge in [0.1, 0.15) is 5.15 Å². The molecule has 8 heteroatoms. The lowest BCUT2D eigenvalue weighted by Crippen LogP contribution is -2.47. The summed E-state index contributed by atoms with van der Waals surface area (Å²) in [6.45, 7) is 1.91. The summed E-state index contributed by atoms with van der Waals surface area (Å²) < 4.78 is 0. The van der Waals surface area contributed by atoms with Crippen LogP contribution < -0.4 is 16.0 Å². The lowest BCUT2D eigenvalue weighted by molar-refractivity contribution is 0.432. The number of nitrogens with zero attached hydrogens (tertiary/aromatic N) is 2. The second-order valence-corrected chi connectivity index (χ2v) is 4.80. The average Bonchev–Trinajstić information content (AvgIpc) is 2.35. The van der Waals surface area contributed by atoms with E-state index in [2.05, 4.69) is 25.9 Å². The van der Waals surface area contributed by atoms with E-state index >= 15 is 0 Å². The predicted molar refractivity (Wildman–Crippen MR) is 74.0 cm³/mol. The SMILES string of the molecule is Oc1ncc(Cl)nc1NC(=S)N[C@@H]1CCCNC1. The molecule has 0 radical (unpaired) electrons. The van der Waals surface area contributed by atoms with Crippen molar-refractivity contribution in [2.45, 2.75) is 18.9 Å². The summed E-state index contributed by atoms with van der Waals surface area (Å²) in [6.07, 6.45) is 3.44. The van der Waals surface area contributed by atoms with E-state index in [4.69, 9.17) is 23.8 Å². The Kier molecular flexibility index (Phi) is 4.51. The predicted octanol–water partition coefficient (Wildman–Crippen LogP) is 0.874. The number of aromatic hydroxyl groups is 1. The zero-order valence-electron chi connectivity index (χ0n) is 9.61. The van der Waals surface area contributed by atoms with Crippen LogP contribution in [0.4, 0.5) is 5.82 Å². The van der Waals surface area contributed by atoms with Crippen molar-refractivity contribution in [2.75, 3.05) is 18.4 Å². The number of halogens is 1. The summed E-state index contributed by atoms with van der Waals surface area (Å²) in [4.78, 5) is 7.58. The van der Waals surface area contributed by atoms with Gasteiger partial charge in [0.05, 0.1) is 6.20 Å². The van der Waals surface area contributed by atoms with Crippen molar-refractivity contribution in [3.8, 4) is 5.88 Å². The first-order valence-electron chi connectivity index (χ1n) is 5.65. The van der Waals surface area contributed by atoms with Crippen molar-refractivity contribution in [3.05, 3.63) is 11.3 Å². The van der Waals surface area contributed by atoms with E-state index in [-0.39, 0.29) is 22.9 Å². The quantitative estimate of drug-likeness (QED) is 0.601. The Balaban J connectivity index is 1.92. The molecule has 1 aliphatic heterocycles. The highest BCUT2D eigenvalue weighted by molar-refractivity contribution is 7.80. The highest BCUT2D eigenvalue weighted by atomic mass is 35.5. The molecule has 2 rings (SSSR count). The zero-order chi connectivity index (χ0) is 13.0. The number of thiocarbonyl (C=S) groups is 1. The van der Waals surface area contributed by atoms with Crippen LogP contribution in [0, 0.1) is 0 Å². The highest BCUT2D eigenvalue weighted by Gasteiger charge is 2.14. The monoisotopic (exact) mass is 287 g/mol. The van der Waals surface area contributed by atoms with E-state index in [9.17, 15) is 5.11 Å². The number of piperidine rings is 1. The molecule has 1 aromatic rings. The molecule has 6 nitrogen and oxygen atoms in total. The summed E-state index contributed by atoms with van der Waals surface area (Å²) in [7, 11) is 0. The summed E-state index contributed by atoms with van der Waals surface area (Å²) in [5, 5.41) is 19.3. The van der Waals surface area contributed by atoms with E-state index in [0.717, 1.165) is 25.9 Å². The molecule has 98 valence electrons. The van der Waals surface area contributed by atoms with Crippen LogP contribution in [0.15, 0.2) is 6.20 Å². The van der Waals surface area contributed by atoms with Gasteiger partial charge in [-0.05, 0) is 31.6 Å². The Morgan fingerprint density at radius 2 is 2.44 bits per heavy atom. The highest BCUT2D eigenvalue weighted by Crippen LogP contribution is 2.18. The minimum Gasteiger partial charge on any atom is -0.491 e. The van der Waals surface area contributed by atoms with Crippen LogP contribution >= 0.6 is 23.8 Å². The summed E-state index contributed by atoms with van der Waals surface area (Å²) in [5.41, 5.74) is 0. The third kappa shape index (κ3) is 3.66. The van der Waals surface area contributed by atoms with Crippen molar-refractivity contribution < 1.29 is 5.11 Å². The number of anilines is 1. The molecule has 1 saturated heterocycles. The smallest absolute Gasteiger partial charge is 0.255 e. The van der Waals surface area contributed by atoms with E-state index in [1.54, 1.807) is 0 Å². The molecule has 0 unspecified atom stereocenters. The number of hydrogen-bond donors (Lipinski definition) is 4. The molecule has 1 aliphatic rings. The first kappa shape index (κ1) is 13.3. The topological polar surface area (TPSA) is 82.1 Å². The van der Waals surface area contributed by atoms with E-state index in [0.29, 0.717) is 5.11 Å². The molecule has 0 bridgehead atoms. The first-order chi connectivity index (χ1) is 8.65. The van der Waals surface area contributed by atoms with Crippen molar-refractivity contribution >= 4 is 34.7 Å². The molecule has 1 atom stereocenters. The summed E-state index contributed by atoms with van der Waals surface area (Å²) in [5.74, 6) is -0.0749.